The second-order valence-electron chi connectivity index (χ2n) is 4.75. The van der Waals surface area contributed by atoms with Gasteiger partial charge in [0.1, 0.15) is 6.04 Å². The van der Waals surface area contributed by atoms with Crippen molar-refractivity contribution >= 4 is 23.2 Å². The molecule has 1 aromatic rings. The van der Waals surface area contributed by atoms with Crippen LogP contribution >= 0.6 is 12.2 Å². The molecule has 0 radical (unpaired) electrons. The molecule has 18 heavy (non-hydrogen) atoms. The molecular weight excluding hydrogens is 248 g/mol. The van der Waals surface area contributed by atoms with Gasteiger partial charge in [-0.3, -0.25) is 9.69 Å². The average Bonchev–Trinajstić information content (AvgIpc) is 2.85. The largest absolute Gasteiger partial charge is 0.391 e. The van der Waals surface area contributed by atoms with E-state index in [1.165, 1.54) is 0 Å². The third kappa shape index (κ3) is 1.79. The predicted octanol–water partition coefficient (Wildman–Crippen LogP) is 0.749. The first-order valence-corrected chi connectivity index (χ1v) is 6.41. The number of aliphatic hydroxyl groups is 1. The van der Waals surface area contributed by atoms with Gasteiger partial charge in [0.2, 0.25) is 0 Å². The summed E-state index contributed by atoms with van der Waals surface area (Å²) in [7, 11) is 0. The second-order valence-corrected chi connectivity index (χ2v) is 5.12. The number of amides is 1. The second kappa shape index (κ2) is 4.33. The van der Waals surface area contributed by atoms with Crippen LogP contribution in [-0.4, -0.2) is 44.6 Å². The zero-order chi connectivity index (χ0) is 12.7. The number of carbonyl (C=O) groups is 1. The molecule has 0 bridgehead atoms. The van der Waals surface area contributed by atoms with Gasteiger partial charge in [0.05, 0.1) is 12.6 Å². The standard InChI is InChI=1S/C13H14N2O2S/c16-10-6-11-12(17)15(13(18)14(11)8-10)7-9-4-2-1-3-5-9/h1-5,10-11,16H,6-8H2/t10-,11-/m1/s1. The van der Waals surface area contributed by atoms with Gasteiger partial charge in [-0.2, -0.15) is 0 Å². The first kappa shape index (κ1) is 11.6. The SMILES string of the molecule is O=C1[C@H]2C[C@@H](O)CN2C(=S)N1Cc1ccccc1. The van der Waals surface area contributed by atoms with E-state index in [0.29, 0.717) is 24.6 Å². The molecule has 2 saturated heterocycles. The fraction of sp³-hybridized carbons (Fsp3) is 0.385. The monoisotopic (exact) mass is 262 g/mol. The number of fused-ring (bicyclic) bond motifs is 1. The molecule has 5 heteroatoms. The highest BCUT2D eigenvalue weighted by Gasteiger charge is 2.47. The molecule has 94 valence electrons. The molecule has 0 spiro atoms. The molecular formula is C13H14N2O2S. The van der Waals surface area contributed by atoms with Crippen molar-refractivity contribution in [2.24, 2.45) is 0 Å². The zero-order valence-electron chi connectivity index (χ0n) is 9.82. The maximum Gasteiger partial charge on any atom is 0.251 e. The molecule has 1 N–H and O–H groups in total. The number of carbonyl (C=O) groups excluding carboxylic acids is 1. The van der Waals surface area contributed by atoms with Gasteiger partial charge < -0.3 is 10.0 Å². The fourth-order valence-electron chi connectivity index (χ4n) is 2.60. The fourth-order valence-corrected chi connectivity index (χ4v) is 2.96. The lowest BCUT2D eigenvalue weighted by Gasteiger charge is -2.19. The van der Waals surface area contributed by atoms with Crippen LogP contribution in [0.25, 0.3) is 0 Å². The lowest BCUT2D eigenvalue weighted by atomic mass is 10.1. The van der Waals surface area contributed by atoms with Crippen LogP contribution in [0.2, 0.25) is 0 Å². The summed E-state index contributed by atoms with van der Waals surface area (Å²) in [5.74, 6) is 0.0143. The number of benzene rings is 1. The average molecular weight is 262 g/mol. The summed E-state index contributed by atoms with van der Waals surface area (Å²) in [6.07, 6.45) is 0.0559. The topological polar surface area (TPSA) is 43.8 Å². The van der Waals surface area contributed by atoms with Gasteiger partial charge in [-0.1, -0.05) is 30.3 Å². The molecule has 2 aliphatic heterocycles. The van der Waals surface area contributed by atoms with Crippen molar-refractivity contribution in [1.29, 1.82) is 0 Å². The molecule has 2 aliphatic rings. The van der Waals surface area contributed by atoms with E-state index in [1.807, 2.05) is 35.2 Å². The zero-order valence-corrected chi connectivity index (χ0v) is 10.6. The van der Waals surface area contributed by atoms with Crippen LogP contribution in [0.5, 0.6) is 0 Å². The Bertz CT molecular complexity index is 467. The summed E-state index contributed by atoms with van der Waals surface area (Å²) in [4.78, 5) is 15.7. The first-order chi connectivity index (χ1) is 8.66. The molecule has 3 rings (SSSR count). The Morgan fingerprint density at radius 2 is 2.06 bits per heavy atom. The number of thiocarbonyl (C=S) groups is 1. The van der Waals surface area contributed by atoms with E-state index >= 15 is 0 Å². The highest BCUT2D eigenvalue weighted by atomic mass is 32.1. The van der Waals surface area contributed by atoms with Gasteiger partial charge in [0.25, 0.3) is 5.91 Å². The van der Waals surface area contributed by atoms with Crippen molar-refractivity contribution < 1.29 is 9.90 Å². The van der Waals surface area contributed by atoms with Gasteiger partial charge in [0.15, 0.2) is 5.11 Å². The van der Waals surface area contributed by atoms with Crippen LogP contribution in [0.15, 0.2) is 30.3 Å². The summed E-state index contributed by atoms with van der Waals surface area (Å²) in [6, 6.07) is 9.55. The van der Waals surface area contributed by atoms with Crippen LogP contribution < -0.4 is 0 Å². The van der Waals surface area contributed by atoms with Crippen molar-refractivity contribution in [3.05, 3.63) is 35.9 Å². The Labute approximate surface area is 111 Å². The van der Waals surface area contributed by atoms with E-state index in [1.54, 1.807) is 4.90 Å². The number of hydrogen-bond donors (Lipinski definition) is 1. The Morgan fingerprint density at radius 1 is 1.33 bits per heavy atom. The third-order valence-corrected chi connectivity index (χ3v) is 3.95. The highest BCUT2D eigenvalue weighted by molar-refractivity contribution is 7.80. The Balaban J connectivity index is 1.79. The van der Waals surface area contributed by atoms with Crippen LogP contribution in [0.4, 0.5) is 0 Å². The van der Waals surface area contributed by atoms with E-state index in [4.69, 9.17) is 12.2 Å². The lowest BCUT2D eigenvalue weighted by molar-refractivity contribution is -0.128. The van der Waals surface area contributed by atoms with Gasteiger partial charge in [-0.15, -0.1) is 0 Å². The maximum absolute atomic E-state index is 12.2. The minimum Gasteiger partial charge on any atom is -0.391 e. The Morgan fingerprint density at radius 3 is 2.72 bits per heavy atom. The van der Waals surface area contributed by atoms with Crippen LogP contribution in [0.3, 0.4) is 0 Å². The minimum absolute atomic E-state index is 0.0143. The van der Waals surface area contributed by atoms with Crippen molar-refractivity contribution in [3.63, 3.8) is 0 Å². The molecule has 0 unspecified atom stereocenters. The summed E-state index contributed by atoms with van der Waals surface area (Å²) in [6.45, 7) is 0.988. The third-order valence-electron chi connectivity index (χ3n) is 3.49. The summed E-state index contributed by atoms with van der Waals surface area (Å²) in [5.41, 5.74) is 1.06. The van der Waals surface area contributed by atoms with Crippen LogP contribution in [0, 0.1) is 0 Å². The number of hydrogen-bond acceptors (Lipinski definition) is 3. The lowest BCUT2D eigenvalue weighted by Crippen LogP contribution is -2.34. The Kier molecular flexibility index (Phi) is 2.80. The van der Waals surface area contributed by atoms with Crippen molar-refractivity contribution in [2.45, 2.75) is 25.1 Å². The van der Waals surface area contributed by atoms with E-state index < -0.39 is 6.10 Å². The highest BCUT2D eigenvalue weighted by Crippen LogP contribution is 2.28. The molecule has 2 fully saturated rings. The summed E-state index contributed by atoms with van der Waals surface area (Å²) >= 11 is 5.33. The van der Waals surface area contributed by atoms with E-state index in [2.05, 4.69) is 0 Å². The van der Waals surface area contributed by atoms with Crippen LogP contribution in [0.1, 0.15) is 12.0 Å². The predicted molar refractivity (Wildman–Crippen MR) is 70.7 cm³/mol. The van der Waals surface area contributed by atoms with Gasteiger partial charge in [-0.25, -0.2) is 0 Å². The first-order valence-electron chi connectivity index (χ1n) is 6.01. The smallest absolute Gasteiger partial charge is 0.251 e. The van der Waals surface area contributed by atoms with Gasteiger partial charge in [0, 0.05) is 13.0 Å². The number of rotatable bonds is 2. The normalized spacial score (nSPS) is 26.9. The van der Waals surface area contributed by atoms with Gasteiger partial charge in [-0.05, 0) is 17.8 Å². The quantitative estimate of drug-likeness (QED) is 0.799. The molecule has 2 atom stereocenters. The van der Waals surface area contributed by atoms with E-state index in [9.17, 15) is 9.90 Å². The van der Waals surface area contributed by atoms with E-state index in [0.717, 1.165) is 5.56 Å². The molecule has 0 aliphatic carbocycles. The molecule has 1 aromatic carbocycles. The van der Waals surface area contributed by atoms with Gasteiger partial charge >= 0.3 is 0 Å². The molecule has 1 amide bonds. The number of aliphatic hydroxyl groups excluding tert-OH is 1. The number of nitrogens with zero attached hydrogens (tertiary/aromatic N) is 2. The van der Waals surface area contributed by atoms with Crippen LogP contribution in [-0.2, 0) is 11.3 Å². The van der Waals surface area contributed by atoms with Crippen molar-refractivity contribution in [2.75, 3.05) is 6.54 Å². The molecule has 4 nitrogen and oxygen atoms in total. The summed E-state index contributed by atoms with van der Waals surface area (Å²) in [5, 5.41) is 10.1. The minimum atomic E-state index is -0.434. The maximum atomic E-state index is 12.2. The molecule has 0 aromatic heterocycles. The Hall–Kier alpha value is -1.46. The van der Waals surface area contributed by atoms with E-state index in [-0.39, 0.29) is 11.9 Å². The molecule has 2 heterocycles. The molecule has 0 saturated carbocycles. The summed E-state index contributed by atoms with van der Waals surface area (Å²) < 4.78 is 0. The van der Waals surface area contributed by atoms with Crippen molar-refractivity contribution in [1.82, 2.24) is 9.80 Å². The van der Waals surface area contributed by atoms with Crippen molar-refractivity contribution in [3.8, 4) is 0 Å².